The fraction of sp³-hybridized carbons (Fsp3) is 0.385. The number of aromatic nitrogens is 1. The lowest BCUT2D eigenvalue weighted by Gasteiger charge is -2.14. The molecule has 3 atom stereocenters. The summed E-state index contributed by atoms with van der Waals surface area (Å²) in [5.74, 6) is 0. The Hall–Kier alpha value is -1.96. The maximum atomic E-state index is 11.0. The van der Waals surface area contributed by atoms with Crippen molar-refractivity contribution in [3.05, 3.63) is 40.6 Å². The molecule has 1 aliphatic rings. The molecule has 20 heavy (non-hydrogen) atoms. The van der Waals surface area contributed by atoms with E-state index in [0.717, 1.165) is 0 Å². The molecule has 1 aromatic carbocycles. The van der Waals surface area contributed by atoms with Gasteiger partial charge >= 0.3 is 0 Å². The lowest BCUT2D eigenvalue weighted by Crippen LogP contribution is -2.24. The van der Waals surface area contributed by atoms with Crippen LogP contribution in [0.3, 0.4) is 0 Å². The summed E-state index contributed by atoms with van der Waals surface area (Å²) in [6, 6.07) is 6.50. The summed E-state index contributed by atoms with van der Waals surface area (Å²) < 4.78 is 7.32. The molecule has 2 aromatic rings. The summed E-state index contributed by atoms with van der Waals surface area (Å²) in [6.45, 7) is -0.253. The quantitative estimate of drug-likeness (QED) is 0.649. The van der Waals surface area contributed by atoms with Crippen molar-refractivity contribution >= 4 is 16.6 Å². The van der Waals surface area contributed by atoms with Crippen LogP contribution in [0.15, 0.2) is 30.5 Å². The van der Waals surface area contributed by atoms with Gasteiger partial charge in [-0.05, 0) is 12.1 Å². The summed E-state index contributed by atoms with van der Waals surface area (Å²) in [4.78, 5) is 10.6. The standard InChI is InChI=1S/C13H14N2O5/c16-7-12-11(17)6-13(20-12)14-5-4-8-9(14)2-1-3-10(8)15(18)19/h1-5,11-13,16-17H,6-7H2. The Balaban J connectivity index is 2.02. The van der Waals surface area contributed by atoms with Crippen LogP contribution < -0.4 is 0 Å². The summed E-state index contributed by atoms with van der Waals surface area (Å²) in [7, 11) is 0. The fourth-order valence-electron chi connectivity index (χ4n) is 2.63. The van der Waals surface area contributed by atoms with Crippen molar-refractivity contribution < 1.29 is 19.9 Å². The first-order valence-electron chi connectivity index (χ1n) is 6.30. The van der Waals surface area contributed by atoms with Crippen LogP contribution >= 0.6 is 0 Å². The van der Waals surface area contributed by atoms with Gasteiger partial charge in [-0.15, -0.1) is 0 Å². The minimum Gasteiger partial charge on any atom is -0.394 e. The first kappa shape index (κ1) is 13.0. The second-order valence-corrected chi connectivity index (χ2v) is 4.80. The molecule has 0 radical (unpaired) electrons. The molecule has 0 spiro atoms. The number of hydrogen-bond acceptors (Lipinski definition) is 5. The van der Waals surface area contributed by atoms with Gasteiger partial charge in [0, 0.05) is 18.7 Å². The number of non-ortho nitro benzene ring substituents is 1. The molecular weight excluding hydrogens is 264 g/mol. The Kier molecular flexibility index (Phi) is 3.17. The molecule has 106 valence electrons. The van der Waals surface area contributed by atoms with Crippen LogP contribution in [0, 0.1) is 10.1 Å². The van der Waals surface area contributed by atoms with E-state index in [2.05, 4.69) is 0 Å². The molecule has 1 aliphatic heterocycles. The molecule has 2 heterocycles. The van der Waals surface area contributed by atoms with Crippen LogP contribution in [0.4, 0.5) is 5.69 Å². The lowest BCUT2D eigenvalue weighted by molar-refractivity contribution is -0.383. The smallest absolute Gasteiger partial charge is 0.278 e. The minimum absolute atomic E-state index is 0.0403. The Labute approximate surface area is 114 Å². The first-order chi connectivity index (χ1) is 9.61. The Morgan fingerprint density at radius 1 is 1.45 bits per heavy atom. The predicted octanol–water partition coefficient (Wildman–Crippen LogP) is 1.19. The van der Waals surface area contributed by atoms with Crippen LogP contribution in [-0.2, 0) is 4.74 Å². The van der Waals surface area contributed by atoms with Crippen molar-refractivity contribution in [2.45, 2.75) is 24.9 Å². The van der Waals surface area contributed by atoms with Crippen molar-refractivity contribution in [1.82, 2.24) is 4.57 Å². The van der Waals surface area contributed by atoms with Crippen molar-refractivity contribution in [2.75, 3.05) is 6.61 Å². The number of ether oxygens (including phenoxy) is 1. The summed E-state index contributed by atoms with van der Waals surface area (Å²) in [5.41, 5.74) is 0.716. The highest BCUT2D eigenvalue weighted by atomic mass is 16.6. The average Bonchev–Trinajstić information content (AvgIpc) is 3.01. The molecule has 1 saturated heterocycles. The maximum absolute atomic E-state index is 11.0. The van der Waals surface area contributed by atoms with Gasteiger partial charge in [-0.3, -0.25) is 10.1 Å². The van der Waals surface area contributed by atoms with Crippen LogP contribution in [0.5, 0.6) is 0 Å². The number of aliphatic hydroxyl groups is 2. The van der Waals surface area contributed by atoms with E-state index >= 15 is 0 Å². The second kappa shape index (κ2) is 4.86. The highest BCUT2D eigenvalue weighted by Gasteiger charge is 2.35. The van der Waals surface area contributed by atoms with Crippen LogP contribution in [0.2, 0.25) is 0 Å². The molecule has 3 unspecified atom stereocenters. The molecule has 1 fully saturated rings. The van der Waals surface area contributed by atoms with Crippen LogP contribution in [-0.4, -0.2) is 38.5 Å². The van der Waals surface area contributed by atoms with Crippen LogP contribution in [0.1, 0.15) is 12.6 Å². The highest BCUT2D eigenvalue weighted by molar-refractivity contribution is 5.89. The number of rotatable bonds is 3. The first-order valence-corrected chi connectivity index (χ1v) is 6.30. The molecule has 2 N–H and O–H groups in total. The van der Waals surface area contributed by atoms with E-state index in [1.165, 1.54) is 6.07 Å². The third-order valence-corrected chi connectivity index (χ3v) is 3.63. The zero-order valence-corrected chi connectivity index (χ0v) is 10.5. The number of fused-ring (bicyclic) bond motifs is 1. The average molecular weight is 278 g/mol. The van der Waals surface area contributed by atoms with Crippen LogP contribution in [0.25, 0.3) is 10.9 Å². The van der Waals surface area contributed by atoms with Gasteiger partial charge in [0.1, 0.15) is 12.3 Å². The van der Waals surface area contributed by atoms with Gasteiger partial charge in [0.15, 0.2) is 0 Å². The van der Waals surface area contributed by atoms with E-state index in [-0.39, 0.29) is 12.3 Å². The number of nitro groups is 1. The van der Waals surface area contributed by atoms with E-state index in [1.807, 2.05) is 0 Å². The molecule has 0 bridgehead atoms. The Morgan fingerprint density at radius 3 is 2.90 bits per heavy atom. The predicted molar refractivity (Wildman–Crippen MR) is 70.2 cm³/mol. The third-order valence-electron chi connectivity index (χ3n) is 3.63. The van der Waals surface area contributed by atoms with Crippen molar-refractivity contribution in [3.8, 4) is 0 Å². The molecule has 0 amide bonds. The van der Waals surface area contributed by atoms with Crippen molar-refractivity contribution in [1.29, 1.82) is 0 Å². The second-order valence-electron chi connectivity index (χ2n) is 4.80. The molecule has 3 rings (SSSR count). The normalized spacial score (nSPS) is 26.2. The van der Waals surface area contributed by atoms with E-state index in [1.54, 1.807) is 29.0 Å². The maximum Gasteiger partial charge on any atom is 0.278 e. The van der Waals surface area contributed by atoms with Crippen molar-refractivity contribution in [3.63, 3.8) is 0 Å². The Morgan fingerprint density at radius 2 is 2.25 bits per heavy atom. The highest BCUT2D eigenvalue weighted by Crippen LogP contribution is 2.34. The van der Waals surface area contributed by atoms with Gasteiger partial charge in [-0.1, -0.05) is 6.07 Å². The van der Waals surface area contributed by atoms with Gasteiger partial charge < -0.3 is 19.5 Å². The molecule has 7 heteroatoms. The monoisotopic (exact) mass is 278 g/mol. The van der Waals surface area contributed by atoms with Gasteiger partial charge in [0.05, 0.1) is 28.5 Å². The number of nitrogens with zero attached hydrogens (tertiary/aromatic N) is 2. The topological polar surface area (TPSA) is 97.8 Å². The van der Waals surface area contributed by atoms with Gasteiger partial charge in [0.25, 0.3) is 5.69 Å². The zero-order chi connectivity index (χ0) is 14.3. The summed E-state index contributed by atoms with van der Waals surface area (Å²) >= 11 is 0. The number of benzene rings is 1. The molecule has 0 saturated carbocycles. The van der Waals surface area contributed by atoms with E-state index in [4.69, 9.17) is 9.84 Å². The Bertz CT molecular complexity index is 653. The largest absolute Gasteiger partial charge is 0.394 e. The number of aliphatic hydroxyl groups excluding tert-OH is 2. The SMILES string of the molecule is O=[N+]([O-])c1cccc2c1ccn2C1CC(O)C(CO)O1. The zero-order valence-electron chi connectivity index (χ0n) is 10.5. The van der Waals surface area contributed by atoms with Gasteiger partial charge in [0.2, 0.25) is 0 Å². The minimum atomic E-state index is -0.735. The van der Waals surface area contributed by atoms with E-state index < -0.39 is 23.4 Å². The summed E-state index contributed by atoms with van der Waals surface area (Å²) in [6.07, 6.45) is 0.269. The van der Waals surface area contributed by atoms with E-state index in [9.17, 15) is 15.2 Å². The fourth-order valence-corrected chi connectivity index (χ4v) is 2.63. The number of hydrogen-bond donors (Lipinski definition) is 2. The third kappa shape index (κ3) is 1.96. The number of nitro benzene ring substituents is 1. The molecular formula is C13H14N2O5. The molecule has 1 aromatic heterocycles. The molecule has 0 aliphatic carbocycles. The molecule has 7 nitrogen and oxygen atoms in total. The summed E-state index contributed by atoms with van der Waals surface area (Å²) in [5, 5.41) is 30.4. The van der Waals surface area contributed by atoms with E-state index in [0.29, 0.717) is 17.3 Å². The van der Waals surface area contributed by atoms with Crippen molar-refractivity contribution in [2.24, 2.45) is 0 Å². The van der Waals surface area contributed by atoms with Gasteiger partial charge in [-0.2, -0.15) is 0 Å². The van der Waals surface area contributed by atoms with Gasteiger partial charge in [-0.25, -0.2) is 0 Å². The lowest BCUT2D eigenvalue weighted by atomic mass is 10.2.